The fourth-order valence-electron chi connectivity index (χ4n) is 11.2. The van der Waals surface area contributed by atoms with Crippen molar-refractivity contribution in [2.75, 3.05) is 0 Å². The molecule has 3 heteroatoms. The van der Waals surface area contributed by atoms with Crippen molar-refractivity contribution in [3.05, 3.63) is 129 Å². The molecule has 0 bridgehead atoms. The molecule has 0 aromatic heterocycles. The van der Waals surface area contributed by atoms with Crippen molar-refractivity contribution in [2.24, 2.45) is 0 Å². The van der Waals surface area contributed by atoms with E-state index in [9.17, 15) is 0 Å². The Bertz CT molecular complexity index is 1850. The molecular weight excluding hydrogens is 850 g/mol. The molecule has 1 saturated carbocycles. The maximum Gasteiger partial charge on any atom is -0.147 e. The molecule has 0 N–H and O–H groups in total. The summed E-state index contributed by atoms with van der Waals surface area (Å²) in [6.45, 7) is 18.8. The third kappa shape index (κ3) is 6.86. The Labute approximate surface area is 338 Å². The van der Waals surface area contributed by atoms with Crippen molar-refractivity contribution < 1.29 is 20.0 Å². The minimum atomic E-state index is -3.25. The summed E-state index contributed by atoms with van der Waals surface area (Å²) in [4.78, 5) is 0. The average Bonchev–Trinajstić information content (AvgIpc) is 3.38. The van der Waals surface area contributed by atoms with Crippen LogP contribution in [0.15, 0.2) is 96.1 Å². The Morgan fingerprint density at radius 2 is 0.906 bits per heavy atom. The second kappa shape index (κ2) is 15.4. The summed E-state index contributed by atoms with van der Waals surface area (Å²) in [5.74, 6) is 0. The van der Waals surface area contributed by atoms with Crippen molar-refractivity contribution in [1.82, 2.24) is 0 Å². The van der Waals surface area contributed by atoms with Gasteiger partial charge in [-0.1, -0.05) is 0 Å². The Morgan fingerprint density at radius 3 is 1.25 bits per heavy atom. The van der Waals surface area contributed by atoms with Crippen LogP contribution in [0.1, 0.15) is 147 Å². The van der Waals surface area contributed by atoms with Gasteiger partial charge >= 0.3 is 316 Å². The summed E-state index contributed by atoms with van der Waals surface area (Å²) in [5.41, 5.74) is 19.0. The van der Waals surface area contributed by atoms with Crippen LogP contribution in [-0.4, -0.2) is 0 Å². The number of allylic oxidation sites excluding steroid dienone is 2. The summed E-state index contributed by atoms with van der Waals surface area (Å²) >= 11 is -3.25. The zero-order valence-electron chi connectivity index (χ0n) is 33.5. The molecule has 4 atom stereocenters. The maximum atomic E-state index is 2.73. The first-order valence-electron chi connectivity index (χ1n) is 20.4. The second-order valence-corrected chi connectivity index (χ2v) is 35.2. The molecule has 0 spiro atoms. The Balaban J connectivity index is 0.00000240. The first kappa shape index (κ1) is 40.5. The standard InChI is InChI=1S/2C22H25.C6H10.2ClH.Hf/c2*1-5-7-16-14-18-8-6-9-20(21(18)15-16)17-10-12-19(13-11-17)22(2,3)4;1-2-4-6-5-3-1;;;/h2*6,8-15H,5,7H2,1-4H3;1-2H,3-6H2;2*1H;. The average molecular weight is 912 g/mol. The van der Waals surface area contributed by atoms with Crippen LogP contribution in [0.2, 0.25) is 7.35 Å². The monoisotopic (exact) mass is 912 g/mol. The van der Waals surface area contributed by atoms with E-state index < -0.39 is 20.0 Å². The largest absolute Gasteiger partial charge is 0.147 e. The summed E-state index contributed by atoms with van der Waals surface area (Å²) in [5, 5.41) is 0. The summed E-state index contributed by atoms with van der Waals surface area (Å²) < 4.78 is 3.45. The quantitative estimate of drug-likeness (QED) is 0.155. The van der Waals surface area contributed by atoms with Gasteiger partial charge < -0.3 is 0 Å². The minimum absolute atomic E-state index is 0. The van der Waals surface area contributed by atoms with Gasteiger partial charge in [-0.2, -0.15) is 0 Å². The molecule has 53 heavy (non-hydrogen) atoms. The molecule has 4 unspecified atom stereocenters. The van der Waals surface area contributed by atoms with E-state index in [4.69, 9.17) is 0 Å². The predicted octanol–water partition coefficient (Wildman–Crippen LogP) is 16.0. The number of halogens is 2. The van der Waals surface area contributed by atoms with Gasteiger partial charge in [-0.15, -0.1) is 24.8 Å². The van der Waals surface area contributed by atoms with Crippen molar-refractivity contribution in [1.29, 1.82) is 0 Å². The number of benzene rings is 4. The van der Waals surface area contributed by atoms with E-state index in [1.54, 1.807) is 33.4 Å². The van der Waals surface area contributed by atoms with Crippen LogP contribution in [0.5, 0.6) is 0 Å². The SMILES string of the molecule is CCCC1=Cc2c(-c3ccc(C(C)(C)C)cc3)cccc2[CH]1[Hf]1([CH]2C(CCC)=Cc3c(-c4ccc(C(C)(C)C)cc4)cccc32)[CH]2CCCC[CH]21.Cl.Cl. The fraction of sp³-hybridized carbons (Fsp3) is 0.440. The molecule has 4 aromatic rings. The molecule has 4 aromatic carbocycles. The molecule has 1 saturated heterocycles. The van der Waals surface area contributed by atoms with E-state index in [0.717, 1.165) is 7.35 Å². The van der Waals surface area contributed by atoms with E-state index in [0.29, 0.717) is 7.35 Å². The molecule has 2 fully saturated rings. The van der Waals surface area contributed by atoms with Gasteiger partial charge in [0.15, 0.2) is 0 Å². The molecule has 1 aliphatic heterocycles. The van der Waals surface area contributed by atoms with Crippen molar-refractivity contribution in [3.8, 4) is 22.3 Å². The van der Waals surface area contributed by atoms with Crippen molar-refractivity contribution in [2.45, 2.75) is 132 Å². The van der Waals surface area contributed by atoms with Crippen LogP contribution in [-0.2, 0) is 30.8 Å². The summed E-state index contributed by atoms with van der Waals surface area (Å²) in [7, 11) is 0. The van der Waals surface area contributed by atoms with E-state index >= 15 is 0 Å². The molecule has 8 rings (SSSR count). The number of hydrogen-bond donors (Lipinski definition) is 0. The Kier molecular flexibility index (Phi) is 11.8. The van der Waals surface area contributed by atoms with Crippen LogP contribution in [0, 0.1) is 0 Å². The van der Waals surface area contributed by atoms with E-state index in [2.05, 4.69) is 152 Å². The van der Waals surface area contributed by atoms with Crippen molar-refractivity contribution >= 4 is 37.0 Å². The van der Waals surface area contributed by atoms with Crippen LogP contribution >= 0.6 is 24.8 Å². The number of fused-ring (bicyclic) bond motifs is 3. The van der Waals surface area contributed by atoms with E-state index in [1.807, 2.05) is 0 Å². The van der Waals surface area contributed by atoms with E-state index in [1.165, 1.54) is 84.7 Å². The zero-order chi connectivity index (χ0) is 35.7. The molecule has 1 heterocycles. The van der Waals surface area contributed by atoms with Crippen LogP contribution in [0.25, 0.3) is 34.4 Å². The third-order valence-electron chi connectivity index (χ3n) is 13.4. The first-order valence-corrected chi connectivity index (χ1v) is 28.7. The zero-order valence-corrected chi connectivity index (χ0v) is 38.7. The molecule has 0 amide bonds. The minimum Gasteiger partial charge on any atom is -0.147 e. The molecule has 0 radical (unpaired) electrons. The van der Waals surface area contributed by atoms with E-state index in [-0.39, 0.29) is 35.6 Å². The first-order chi connectivity index (χ1) is 24.5. The number of hydrogen-bond acceptors (Lipinski definition) is 0. The molecule has 0 nitrogen and oxygen atoms in total. The third-order valence-corrected chi connectivity index (χ3v) is 38.3. The maximum absolute atomic E-state index is 3.25. The van der Waals surface area contributed by atoms with Crippen molar-refractivity contribution in [3.63, 3.8) is 0 Å². The predicted molar refractivity (Wildman–Crippen MR) is 233 cm³/mol. The van der Waals surface area contributed by atoms with Gasteiger partial charge in [-0.05, 0) is 0 Å². The van der Waals surface area contributed by atoms with Crippen LogP contribution in [0.3, 0.4) is 0 Å². The van der Waals surface area contributed by atoms with Gasteiger partial charge in [0.05, 0.1) is 0 Å². The fourth-order valence-corrected chi connectivity index (χ4v) is 46.6. The molecular formula is C50H62Cl2Hf. The molecule has 3 aliphatic carbocycles. The summed E-state index contributed by atoms with van der Waals surface area (Å²) in [6, 6.07) is 34.0. The molecule has 4 aliphatic rings. The van der Waals surface area contributed by atoms with Gasteiger partial charge in [-0.3, -0.25) is 0 Å². The van der Waals surface area contributed by atoms with Gasteiger partial charge in [0.2, 0.25) is 0 Å². The van der Waals surface area contributed by atoms with Gasteiger partial charge in [0.1, 0.15) is 0 Å². The smallest absolute Gasteiger partial charge is 0.147 e. The normalized spacial score (nSPS) is 24.2. The van der Waals surface area contributed by atoms with Gasteiger partial charge in [0.25, 0.3) is 0 Å². The molecule has 280 valence electrons. The van der Waals surface area contributed by atoms with Crippen LogP contribution in [0.4, 0.5) is 0 Å². The second-order valence-electron chi connectivity index (χ2n) is 18.6. The Morgan fingerprint density at radius 1 is 0.528 bits per heavy atom. The Hall–Kier alpha value is -2.19. The van der Waals surface area contributed by atoms with Gasteiger partial charge in [0, 0.05) is 0 Å². The topological polar surface area (TPSA) is 0 Å². The number of rotatable bonds is 8. The van der Waals surface area contributed by atoms with Gasteiger partial charge in [-0.25, -0.2) is 0 Å². The van der Waals surface area contributed by atoms with Crippen LogP contribution < -0.4 is 0 Å². The summed E-state index contributed by atoms with van der Waals surface area (Å²) in [6.07, 6.45) is 16.3.